The highest BCUT2D eigenvalue weighted by Crippen LogP contribution is 1.98. The van der Waals surface area contributed by atoms with Gasteiger partial charge in [0.25, 0.3) is 0 Å². The molecule has 4 nitrogen and oxygen atoms in total. The second kappa shape index (κ2) is 4.54. The van der Waals surface area contributed by atoms with Crippen molar-refractivity contribution in [2.24, 2.45) is 5.92 Å². The van der Waals surface area contributed by atoms with Crippen molar-refractivity contribution >= 4 is 11.9 Å². The number of carboxylic acids is 1. The smallest absolute Gasteiger partial charge is 0.334 e. The van der Waals surface area contributed by atoms with Crippen LogP contribution in [0.2, 0.25) is 0 Å². The van der Waals surface area contributed by atoms with Crippen molar-refractivity contribution in [3.8, 4) is 0 Å². The van der Waals surface area contributed by atoms with Crippen LogP contribution >= 0.6 is 0 Å². The van der Waals surface area contributed by atoms with Crippen molar-refractivity contribution < 1.29 is 19.4 Å². The summed E-state index contributed by atoms with van der Waals surface area (Å²) in [6, 6.07) is 0. The van der Waals surface area contributed by atoms with Gasteiger partial charge in [0.05, 0.1) is 11.5 Å². The fraction of sp³-hybridized carbons (Fsp3) is 0.500. The number of hydrogen-bond donors (Lipinski definition) is 1. The lowest BCUT2D eigenvalue weighted by atomic mass is 10.2. The lowest BCUT2D eigenvalue weighted by molar-refractivity contribution is -0.147. The van der Waals surface area contributed by atoms with E-state index < -0.39 is 11.9 Å². The van der Waals surface area contributed by atoms with Gasteiger partial charge < -0.3 is 9.84 Å². The summed E-state index contributed by atoms with van der Waals surface area (Å²) in [7, 11) is 0. The summed E-state index contributed by atoms with van der Waals surface area (Å²) in [6.45, 7) is 6.31. The molecule has 0 saturated heterocycles. The van der Waals surface area contributed by atoms with E-state index in [1.165, 1.54) is 0 Å². The van der Waals surface area contributed by atoms with E-state index >= 15 is 0 Å². The number of hydrogen-bond acceptors (Lipinski definition) is 3. The van der Waals surface area contributed by atoms with Gasteiger partial charge in [-0.3, -0.25) is 4.79 Å². The van der Waals surface area contributed by atoms with Gasteiger partial charge in [0, 0.05) is 0 Å². The predicted octanol–water partition coefficient (Wildman–Crippen LogP) is 0.826. The average Bonchev–Trinajstić information content (AvgIpc) is 1.98. The number of carbonyl (C=O) groups excluding carboxylic acids is 1. The minimum absolute atomic E-state index is 0.121. The number of carboxylic acid groups (broad SMARTS) is 1. The molecule has 4 heteroatoms. The molecule has 0 aromatic carbocycles. The molecule has 0 spiro atoms. The van der Waals surface area contributed by atoms with Crippen molar-refractivity contribution in [1.29, 1.82) is 0 Å². The van der Waals surface area contributed by atoms with E-state index in [9.17, 15) is 9.59 Å². The van der Waals surface area contributed by atoms with Crippen LogP contribution in [0, 0.1) is 5.92 Å². The molecule has 0 saturated carbocycles. The Labute approximate surface area is 70.8 Å². The van der Waals surface area contributed by atoms with Gasteiger partial charge in [-0.25, -0.2) is 4.79 Å². The fourth-order valence-electron chi connectivity index (χ4n) is 0.387. The Balaban J connectivity index is 3.77. The van der Waals surface area contributed by atoms with Crippen LogP contribution in [-0.2, 0) is 14.3 Å². The number of rotatable bonds is 4. The highest BCUT2D eigenvalue weighted by molar-refractivity contribution is 5.86. The molecule has 0 aliphatic heterocycles. The van der Waals surface area contributed by atoms with Gasteiger partial charge in [0.15, 0.2) is 0 Å². The monoisotopic (exact) mass is 172 g/mol. The molecule has 0 aromatic heterocycles. The van der Waals surface area contributed by atoms with Gasteiger partial charge in [-0.2, -0.15) is 0 Å². The van der Waals surface area contributed by atoms with Gasteiger partial charge >= 0.3 is 11.9 Å². The van der Waals surface area contributed by atoms with Gasteiger partial charge in [-0.1, -0.05) is 20.4 Å². The summed E-state index contributed by atoms with van der Waals surface area (Å²) >= 11 is 0. The molecule has 0 aliphatic carbocycles. The maximum absolute atomic E-state index is 10.8. The van der Waals surface area contributed by atoms with Crippen LogP contribution in [0.25, 0.3) is 0 Å². The summed E-state index contributed by atoms with van der Waals surface area (Å²) < 4.78 is 4.61. The molecule has 0 amide bonds. The van der Waals surface area contributed by atoms with Crippen molar-refractivity contribution in [3.05, 3.63) is 12.2 Å². The first-order valence-electron chi connectivity index (χ1n) is 3.53. The molecule has 0 rings (SSSR count). The fourth-order valence-corrected chi connectivity index (χ4v) is 0.387. The van der Waals surface area contributed by atoms with Gasteiger partial charge in [0.2, 0.25) is 0 Å². The molecule has 68 valence electrons. The zero-order chi connectivity index (χ0) is 9.72. The van der Waals surface area contributed by atoms with E-state index in [4.69, 9.17) is 5.11 Å². The largest absolute Gasteiger partial charge is 0.478 e. The maximum atomic E-state index is 10.8. The van der Waals surface area contributed by atoms with Crippen LogP contribution in [0.4, 0.5) is 0 Å². The van der Waals surface area contributed by atoms with Gasteiger partial charge in [0.1, 0.15) is 6.61 Å². The molecule has 0 bridgehead atoms. The molecule has 1 N–H and O–H groups in total. The Morgan fingerprint density at radius 3 is 2.33 bits per heavy atom. The third kappa shape index (κ3) is 3.75. The topological polar surface area (TPSA) is 63.6 Å². The Hall–Kier alpha value is -1.32. The Morgan fingerprint density at radius 2 is 2.00 bits per heavy atom. The summed E-state index contributed by atoms with van der Waals surface area (Å²) in [6.07, 6.45) is 0. The molecule has 0 aromatic rings. The Bertz CT molecular complexity index is 205. The number of ether oxygens (including phenoxy) is 1. The highest BCUT2D eigenvalue weighted by Gasteiger charge is 2.11. The van der Waals surface area contributed by atoms with Crippen molar-refractivity contribution in [2.45, 2.75) is 13.8 Å². The second-order valence-electron chi connectivity index (χ2n) is 2.67. The summed E-state index contributed by atoms with van der Waals surface area (Å²) in [5.74, 6) is -1.81. The van der Waals surface area contributed by atoms with Gasteiger partial charge in [-0.15, -0.1) is 0 Å². The van der Waals surface area contributed by atoms with Crippen LogP contribution < -0.4 is 0 Å². The van der Waals surface area contributed by atoms with E-state index in [0.717, 1.165) is 0 Å². The zero-order valence-corrected chi connectivity index (χ0v) is 7.16. The average molecular weight is 172 g/mol. The lowest BCUT2D eigenvalue weighted by Crippen LogP contribution is -2.15. The molecule has 0 atom stereocenters. The summed E-state index contributed by atoms with van der Waals surface area (Å²) in [5.41, 5.74) is -0.121. The molecule has 0 aliphatic rings. The van der Waals surface area contributed by atoms with Crippen LogP contribution in [0.15, 0.2) is 12.2 Å². The van der Waals surface area contributed by atoms with Crippen LogP contribution in [-0.4, -0.2) is 23.7 Å². The molecular weight excluding hydrogens is 160 g/mol. The number of carbonyl (C=O) groups is 2. The maximum Gasteiger partial charge on any atom is 0.334 e. The first kappa shape index (κ1) is 10.7. The van der Waals surface area contributed by atoms with E-state index in [1.807, 2.05) is 0 Å². The standard InChI is InChI=1S/C8H12O4/c1-5(2)8(11)12-4-6(3)7(9)10/h5H,3-4H2,1-2H3,(H,9,10). The third-order valence-corrected chi connectivity index (χ3v) is 1.16. The van der Waals surface area contributed by atoms with E-state index in [1.54, 1.807) is 13.8 Å². The first-order valence-corrected chi connectivity index (χ1v) is 3.53. The Kier molecular flexibility index (Phi) is 4.04. The molecule has 0 unspecified atom stereocenters. The van der Waals surface area contributed by atoms with Crippen LogP contribution in [0.1, 0.15) is 13.8 Å². The number of esters is 1. The van der Waals surface area contributed by atoms with Crippen molar-refractivity contribution in [2.75, 3.05) is 6.61 Å². The molecule has 0 heterocycles. The van der Waals surface area contributed by atoms with Crippen LogP contribution in [0.3, 0.4) is 0 Å². The molecular formula is C8H12O4. The quantitative estimate of drug-likeness (QED) is 0.503. The SMILES string of the molecule is C=C(COC(=O)C(C)C)C(=O)O. The lowest BCUT2D eigenvalue weighted by Gasteiger charge is -2.05. The van der Waals surface area contributed by atoms with Crippen molar-refractivity contribution in [1.82, 2.24) is 0 Å². The van der Waals surface area contributed by atoms with E-state index in [2.05, 4.69) is 11.3 Å². The molecule has 12 heavy (non-hydrogen) atoms. The third-order valence-electron chi connectivity index (χ3n) is 1.16. The minimum Gasteiger partial charge on any atom is -0.478 e. The predicted molar refractivity (Wildman–Crippen MR) is 42.6 cm³/mol. The second-order valence-corrected chi connectivity index (χ2v) is 2.67. The number of aliphatic carboxylic acids is 1. The van der Waals surface area contributed by atoms with Crippen molar-refractivity contribution in [3.63, 3.8) is 0 Å². The molecule has 0 radical (unpaired) electrons. The highest BCUT2D eigenvalue weighted by atomic mass is 16.5. The first-order chi connectivity index (χ1) is 5.45. The van der Waals surface area contributed by atoms with E-state index in [0.29, 0.717) is 0 Å². The minimum atomic E-state index is -1.15. The normalized spacial score (nSPS) is 9.58. The van der Waals surface area contributed by atoms with Gasteiger partial charge in [-0.05, 0) is 0 Å². The Morgan fingerprint density at radius 1 is 1.50 bits per heavy atom. The zero-order valence-electron chi connectivity index (χ0n) is 7.16. The molecule has 0 fully saturated rings. The summed E-state index contributed by atoms with van der Waals surface area (Å²) in [5, 5.41) is 8.34. The summed E-state index contributed by atoms with van der Waals surface area (Å²) in [4.78, 5) is 21.0. The van der Waals surface area contributed by atoms with Crippen LogP contribution in [0.5, 0.6) is 0 Å². The van der Waals surface area contributed by atoms with E-state index in [-0.39, 0.29) is 18.1 Å².